The molecule has 16 heavy (non-hydrogen) atoms. The first kappa shape index (κ1) is 13.9. The number of ketones is 1. The molecule has 90 valence electrons. The van der Waals surface area contributed by atoms with Crippen LogP contribution in [0.3, 0.4) is 0 Å². The zero-order chi connectivity index (χ0) is 12.1. The van der Waals surface area contributed by atoms with Gasteiger partial charge >= 0.3 is 5.97 Å². The highest BCUT2D eigenvalue weighted by molar-refractivity contribution is 9.28. The van der Waals surface area contributed by atoms with Crippen molar-refractivity contribution < 1.29 is 14.3 Å². The van der Waals surface area contributed by atoms with Gasteiger partial charge in [0, 0.05) is 18.8 Å². The second-order valence-electron chi connectivity index (χ2n) is 3.88. The van der Waals surface area contributed by atoms with E-state index in [9.17, 15) is 9.59 Å². The number of rotatable bonds is 4. The number of esters is 1. The minimum Gasteiger partial charge on any atom is -0.469 e. The van der Waals surface area contributed by atoms with Gasteiger partial charge in [0.05, 0.1) is 10.5 Å². The number of ether oxygens (including phenoxy) is 1. The Morgan fingerprint density at radius 1 is 1.56 bits per heavy atom. The van der Waals surface area contributed by atoms with Crippen molar-refractivity contribution in [3.63, 3.8) is 0 Å². The quantitative estimate of drug-likeness (QED) is 0.729. The Morgan fingerprint density at radius 3 is 2.81 bits per heavy atom. The maximum absolute atomic E-state index is 11.7. The van der Waals surface area contributed by atoms with Gasteiger partial charge in [-0.15, -0.1) is 0 Å². The summed E-state index contributed by atoms with van der Waals surface area (Å²) in [6, 6.07) is 0. The molecule has 3 nitrogen and oxygen atoms in total. The van der Waals surface area contributed by atoms with E-state index in [4.69, 9.17) is 0 Å². The predicted octanol–water partition coefficient (Wildman–Crippen LogP) is 3.17. The fraction of sp³-hybridized carbons (Fsp3) is 0.636. The summed E-state index contributed by atoms with van der Waals surface area (Å²) in [5.74, 6) is 0.123. The van der Waals surface area contributed by atoms with Crippen LogP contribution in [-0.2, 0) is 14.3 Å². The molecule has 0 aliphatic heterocycles. The number of Topliss-reactive ketones (excluding diaryl/α,β-unsaturated/α-hetero) is 1. The normalized spacial score (nSPS) is 24.3. The summed E-state index contributed by atoms with van der Waals surface area (Å²) in [7, 11) is 1.38. The standard InChI is InChI=1S/C11H14Br2O3/c1-16-11(15)6-7-2-4-9(14)8(7)3-5-10(12)13/h5,7-8H,2-4,6H2,1H3/t7-,8-/m1/s1. The fourth-order valence-corrected chi connectivity index (χ4v) is 2.43. The highest BCUT2D eigenvalue weighted by Gasteiger charge is 2.35. The molecular formula is C11H14Br2O3. The van der Waals surface area contributed by atoms with E-state index < -0.39 is 0 Å². The van der Waals surface area contributed by atoms with Crippen molar-refractivity contribution in [1.82, 2.24) is 0 Å². The summed E-state index contributed by atoms with van der Waals surface area (Å²) in [5.41, 5.74) is 0. The lowest BCUT2D eigenvalue weighted by atomic mass is 9.90. The van der Waals surface area contributed by atoms with E-state index in [0.29, 0.717) is 19.3 Å². The molecule has 0 aromatic carbocycles. The molecule has 0 radical (unpaired) electrons. The lowest BCUT2D eigenvalue weighted by Gasteiger charge is -2.15. The van der Waals surface area contributed by atoms with Gasteiger partial charge in [-0.2, -0.15) is 0 Å². The smallest absolute Gasteiger partial charge is 0.305 e. The molecule has 1 aliphatic rings. The Balaban J connectivity index is 2.59. The third-order valence-corrected chi connectivity index (χ3v) is 3.57. The van der Waals surface area contributed by atoms with Crippen LogP contribution >= 0.6 is 31.9 Å². The number of hydrogen-bond acceptors (Lipinski definition) is 3. The van der Waals surface area contributed by atoms with E-state index in [0.717, 1.165) is 9.81 Å². The van der Waals surface area contributed by atoms with Crippen molar-refractivity contribution in [2.75, 3.05) is 7.11 Å². The molecule has 1 fully saturated rings. The summed E-state index contributed by atoms with van der Waals surface area (Å²) in [4.78, 5) is 22.8. The highest BCUT2D eigenvalue weighted by Crippen LogP contribution is 2.35. The highest BCUT2D eigenvalue weighted by atomic mass is 79.9. The Labute approximate surface area is 112 Å². The number of methoxy groups -OCH3 is 1. The van der Waals surface area contributed by atoms with E-state index in [1.54, 1.807) is 0 Å². The van der Waals surface area contributed by atoms with Gasteiger partial charge in [-0.1, -0.05) is 6.08 Å². The molecule has 0 saturated heterocycles. The first-order valence-corrected chi connectivity index (χ1v) is 6.74. The lowest BCUT2D eigenvalue weighted by molar-refractivity contribution is -0.142. The predicted molar refractivity (Wildman–Crippen MR) is 68.4 cm³/mol. The first-order valence-electron chi connectivity index (χ1n) is 5.15. The summed E-state index contributed by atoms with van der Waals surface area (Å²) in [5, 5.41) is 0. The average Bonchev–Trinajstić information content (AvgIpc) is 2.56. The first-order chi connectivity index (χ1) is 7.54. The van der Waals surface area contributed by atoms with E-state index in [1.165, 1.54) is 7.11 Å². The Kier molecular flexibility index (Phi) is 5.69. The molecule has 0 spiro atoms. The number of carbonyl (C=O) groups is 2. The molecule has 0 heterocycles. The average molecular weight is 354 g/mol. The summed E-state index contributed by atoms with van der Waals surface area (Å²) in [6.07, 6.45) is 4.32. The fourth-order valence-electron chi connectivity index (χ4n) is 2.06. The van der Waals surface area contributed by atoms with E-state index in [1.807, 2.05) is 6.08 Å². The van der Waals surface area contributed by atoms with Gasteiger partial charge in [0.1, 0.15) is 5.78 Å². The van der Waals surface area contributed by atoms with Gasteiger partial charge < -0.3 is 4.74 Å². The Morgan fingerprint density at radius 2 is 2.25 bits per heavy atom. The van der Waals surface area contributed by atoms with E-state index >= 15 is 0 Å². The largest absolute Gasteiger partial charge is 0.469 e. The van der Waals surface area contributed by atoms with Crippen LogP contribution in [0.5, 0.6) is 0 Å². The maximum Gasteiger partial charge on any atom is 0.305 e. The zero-order valence-electron chi connectivity index (χ0n) is 9.04. The van der Waals surface area contributed by atoms with Crippen LogP contribution in [-0.4, -0.2) is 18.9 Å². The van der Waals surface area contributed by atoms with Crippen LogP contribution in [0.25, 0.3) is 0 Å². The van der Waals surface area contributed by atoms with Crippen LogP contribution in [0, 0.1) is 11.8 Å². The molecule has 0 aromatic rings. The SMILES string of the molecule is COC(=O)C[C@H]1CCC(=O)[C@@H]1CC=C(Br)Br. The van der Waals surface area contributed by atoms with Crippen molar-refractivity contribution in [3.8, 4) is 0 Å². The third-order valence-electron chi connectivity index (χ3n) is 2.93. The number of allylic oxidation sites excluding steroid dienone is 1. The third kappa shape index (κ3) is 4.01. The monoisotopic (exact) mass is 352 g/mol. The maximum atomic E-state index is 11.7. The molecule has 0 bridgehead atoms. The molecule has 1 rings (SSSR count). The van der Waals surface area contributed by atoms with Crippen molar-refractivity contribution in [1.29, 1.82) is 0 Å². The topological polar surface area (TPSA) is 43.4 Å². The van der Waals surface area contributed by atoms with Gasteiger partial charge in [-0.05, 0) is 50.6 Å². The van der Waals surface area contributed by atoms with Crippen molar-refractivity contribution >= 4 is 43.6 Å². The molecular weight excluding hydrogens is 340 g/mol. The van der Waals surface area contributed by atoms with Gasteiger partial charge in [0.15, 0.2) is 0 Å². The molecule has 0 N–H and O–H groups in total. The summed E-state index contributed by atoms with van der Waals surface area (Å²) < 4.78 is 5.48. The lowest BCUT2D eigenvalue weighted by Crippen LogP contribution is -2.18. The molecule has 1 saturated carbocycles. The van der Waals surface area contributed by atoms with Gasteiger partial charge in [0.2, 0.25) is 0 Å². The molecule has 0 amide bonds. The molecule has 0 aromatic heterocycles. The number of carbonyl (C=O) groups excluding carboxylic acids is 2. The van der Waals surface area contributed by atoms with Crippen LogP contribution in [0.4, 0.5) is 0 Å². The van der Waals surface area contributed by atoms with Crippen LogP contribution in [0.15, 0.2) is 9.47 Å². The molecule has 2 atom stereocenters. The zero-order valence-corrected chi connectivity index (χ0v) is 12.2. The second kappa shape index (κ2) is 6.55. The van der Waals surface area contributed by atoms with Gasteiger partial charge in [-0.25, -0.2) is 0 Å². The second-order valence-corrected chi connectivity index (χ2v) is 6.65. The Bertz CT molecular complexity index is 308. The van der Waals surface area contributed by atoms with Gasteiger partial charge in [0.25, 0.3) is 0 Å². The Hall–Kier alpha value is -0.160. The number of halogens is 2. The minimum absolute atomic E-state index is 0.0378. The summed E-state index contributed by atoms with van der Waals surface area (Å²) >= 11 is 6.52. The van der Waals surface area contributed by atoms with Crippen LogP contribution in [0.2, 0.25) is 0 Å². The van der Waals surface area contributed by atoms with Crippen LogP contribution in [0.1, 0.15) is 25.7 Å². The van der Waals surface area contributed by atoms with Crippen molar-refractivity contribution in [2.45, 2.75) is 25.7 Å². The van der Waals surface area contributed by atoms with Crippen LogP contribution < -0.4 is 0 Å². The molecule has 5 heteroatoms. The molecule has 1 aliphatic carbocycles. The van der Waals surface area contributed by atoms with E-state index in [2.05, 4.69) is 36.6 Å². The number of hydrogen-bond donors (Lipinski definition) is 0. The van der Waals surface area contributed by atoms with Crippen molar-refractivity contribution in [2.24, 2.45) is 11.8 Å². The van der Waals surface area contributed by atoms with Gasteiger partial charge in [-0.3, -0.25) is 9.59 Å². The minimum atomic E-state index is -0.230. The summed E-state index contributed by atoms with van der Waals surface area (Å²) in [6.45, 7) is 0. The molecule has 0 unspecified atom stereocenters. The van der Waals surface area contributed by atoms with Crippen molar-refractivity contribution in [3.05, 3.63) is 9.47 Å². The van der Waals surface area contributed by atoms with E-state index in [-0.39, 0.29) is 23.6 Å².